The molecule has 2 rings (SSSR count). The number of hydrogen-bond acceptors (Lipinski definition) is 3. The molecule has 1 heterocycles. The largest absolute Gasteiger partial charge is 0.497 e. The van der Waals surface area contributed by atoms with Crippen molar-refractivity contribution in [1.29, 1.82) is 0 Å². The first-order chi connectivity index (χ1) is 7.61. The molecule has 1 aromatic heterocycles. The second-order valence-electron chi connectivity index (χ2n) is 3.58. The van der Waals surface area contributed by atoms with Gasteiger partial charge in [0.25, 0.3) is 0 Å². The summed E-state index contributed by atoms with van der Waals surface area (Å²) in [5.41, 5.74) is 1.76. The van der Waals surface area contributed by atoms with E-state index < -0.39 is 0 Å². The number of carbonyl (C=O) groups is 1. The Morgan fingerprint density at radius 2 is 2.12 bits per heavy atom. The molecule has 0 unspecified atom stereocenters. The van der Waals surface area contributed by atoms with Crippen molar-refractivity contribution in [2.45, 2.75) is 13.8 Å². The first-order valence-corrected chi connectivity index (χ1v) is 4.96. The van der Waals surface area contributed by atoms with Crippen LogP contribution in [0.2, 0.25) is 0 Å². The molecule has 0 saturated carbocycles. The number of ether oxygens (including phenoxy) is 2. The number of esters is 1. The Kier molecular flexibility index (Phi) is 2.56. The Hall–Kier alpha value is -1.97. The molecule has 0 spiro atoms. The summed E-state index contributed by atoms with van der Waals surface area (Å²) in [6.07, 6.45) is 0. The van der Waals surface area contributed by atoms with Gasteiger partial charge in [-0.3, -0.25) is 4.79 Å². The van der Waals surface area contributed by atoms with Crippen molar-refractivity contribution >= 4 is 16.9 Å². The lowest BCUT2D eigenvalue weighted by Crippen LogP contribution is -2.01. The number of benzene rings is 1. The van der Waals surface area contributed by atoms with Gasteiger partial charge in [0.2, 0.25) is 0 Å². The van der Waals surface area contributed by atoms with E-state index in [4.69, 9.17) is 9.47 Å². The lowest BCUT2D eigenvalue weighted by molar-refractivity contribution is -0.131. The fourth-order valence-corrected chi connectivity index (χ4v) is 1.68. The van der Waals surface area contributed by atoms with Crippen molar-refractivity contribution in [3.63, 3.8) is 0 Å². The van der Waals surface area contributed by atoms with E-state index in [0.29, 0.717) is 5.75 Å². The van der Waals surface area contributed by atoms with E-state index in [9.17, 15) is 4.79 Å². The van der Waals surface area contributed by atoms with Crippen LogP contribution in [-0.4, -0.2) is 18.1 Å². The number of nitrogens with one attached hydrogen (secondary N) is 1. The van der Waals surface area contributed by atoms with Gasteiger partial charge in [0.05, 0.1) is 12.8 Å². The first-order valence-electron chi connectivity index (χ1n) is 4.96. The minimum atomic E-state index is -0.327. The third-order valence-corrected chi connectivity index (χ3v) is 2.38. The summed E-state index contributed by atoms with van der Waals surface area (Å²) in [7, 11) is 1.60. The molecular weight excluding hydrogens is 206 g/mol. The van der Waals surface area contributed by atoms with Gasteiger partial charge in [-0.15, -0.1) is 0 Å². The van der Waals surface area contributed by atoms with Gasteiger partial charge < -0.3 is 14.5 Å². The molecule has 0 radical (unpaired) electrons. The van der Waals surface area contributed by atoms with E-state index in [1.54, 1.807) is 7.11 Å². The smallest absolute Gasteiger partial charge is 0.308 e. The van der Waals surface area contributed by atoms with Gasteiger partial charge in [0.15, 0.2) is 5.75 Å². The second kappa shape index (κ2) is 3.89. The van der Waals surface area contributed by atoms with Gasteiger partial charge in [0, 0.05) is 17.8 Å². The maximum Gasteiger partial charge on any atom is 0.308 e. The molecule has 84 valence electrons. The van der Waals surface area contributed by atoms with Crippen molar-refractivity contribution in [2.24, 2.45) is 0 Å². The average molecular weight is 219 g/mol. The Morgan fingerprint density at radius 3 is 2.75 bits per heavy atom. The minimum Gasteiger partial charge on any atom is -0.497 e. The molecule has 4 nitrogen and oxygen atoms in total. The molecule has 2 aromatic rings. The third-order valence-electron chi connectivity index (χ3n) is 2.38. The molecule has 1 aromatic carbocycles. The molecular formula is C12H13NO3. The monoisotopic (exact) mass is 219 g/mol. The van der Waals surface area contributed by atoms with Gasteiger partial charge in [-0.1, -0.05) is 0 Å². The van der Waals surface area contributed by atoms with Crippen LogP contribution in [0, 0.1) is 6.92 Å². The van der Waals surface area contributed by atoms with Crippen molar-refractivity contribution in [1.82, 2.24) is 4.98 Å². The first kappa shape index (κ1) is 10.5. The molecule has 0 amide bonds. The standard InChI is InChI=1S/C12H13NO3/c1-7-12(16-8(2)14)10-6-9(15-3)4-5-11(10)13-7/h4-6,13H,1-3H3. The van der Waals surface area contributed by atoms with E-state index in [-0.39, 0.29) is 5.97 Å². The van der Waals surface area contributed by atoms with Crippen LogP contribution in [0.1, 0.15) is 12.6 Å². The molecule has 4 heteroatoms. The van der Waals surface area contributed by atoms with Crippen LogP contribution in [0.5, 0.6) is 11.5 Å². The summed E-state index contributed by atoms with van der Waals surface area (Å²) in [4.78, 5) is 14.1. The molecule has 0 saturated heterocycles. The van der Waals surface area contributed by atoms with Crippen molar-refractivity contribution < 1.29 is 14.3 Å². The summed E-state index contributed by atoms with van der Waals surface area (Å²) in [6, 6.07) is 5.60. The average Bonchev–Trinajstić information content (AvgIpc) is 2.54. The van der Waals surface area contributed by atoms with Crippen molar-refractivity contribution in [3.8, 4) is 11.5 Å². The quantitative estimate of drug-likeness (QED) is 0.789. The fraction of sp³-hybridized carbons (Fsp3) is 0.250. The number of aromatic amines is 1. The topological polar surface area (TPSA) is 51.3 Å². The Bertz CT molecular complexity index is 542. The highest BCUT2D eigenvalue weighted by atomic mass is 16.5. The lowest BCUT2D eigenvalue weighted by atomic mass is 10.2. The normalized spacial score (nSPS) is 10.4. The van der Waals surface area contributed by atoms with Gasteiger partial charge >= 0.3 is 5.97 Å². The number of rotatable bonds is 2. The Morgan fingerprint density at radius 1 is 1.38 bits per heavy atom. The number of aromatic nitrogens is 1. The SMILES string of the molecule is COc1ccc2[nH]c(C)c(OC(C)=O)c2c1. The summed E-state index contributed by atoms with van der Waals surface area (Å²) in [6.45, 7) is 3.25. The van der Waals surface area contributed by atoms with Crippen LogP contribution in [-0.2, 0) is 4.79 Å². The molecule has 1 N–H and O–H groups in total. The highest BCUT2D eigenvalue weighted by molar-refractivity contribution is 5.91. The maximum absolute atomic E-state index is 11.0. The van der Waals surface area contributed by atoms with Crippen LogP contribution in [0.4, 0.5) is 0 Å². The number of fused-ring (bicyclic) bond motifs is 1. The van der Waals surface area contributed by atoms with E-state index in [0.717, 1.165) is 22.3 Å². The van der Waals surface area contributed by atoms with Gasteiger partial charge in [-0.25, -0.2) is 0 Å². The molecule has 0 fully saturated rings. The lowest BCUT2D eigenvalue weighted by Gasteiger charge is -2.02. The second-order valence-corrected chi connectivity index (χ2v) is 3.58. The zero-order valence-corrected chi connectivity index (χ0v) is 9.46. The van der Waals surface area contributed by atoms with E-state index in [1.165, 1.54) is 6.92 Å². The zero-order chi connectivity index (χ0) is 11.7. The van der Waals surface area contributed by atoms with E-state index in [2.05, 4.69) is 4.98 Å². The predicted octanol–water partition coefficient (Wildman–Crippen LogP) is 2.41. The van der Waals surface area contributed by atoms with Crippen LogP contribution in [0.15, 0.2) is 18.2 Å². The van der Waals surface area contributed by atoms with E-state index >= 15 is 0 Å². The van der Waals surface area contributed by atoms with Gasteiger partial charge in [-0.2, -0.15) is 0 Å². The summed E-state index contributed by atoms with van der Waals surface area (Å²) in [5.74, 6) is 0.980. The number of aryl methyl sites for hydroxylation is 1. The van der Waals surface area contributed by atoms with Gasteiger partial charge in [-0.05, 0) is 25.1 Å². The van der Waals surface area contributed by atoms with E-state index in [1.807, 2.05) is 25.1 Å². The Balaban J connectivity index is 2.61. The molecule has 0 aliphatic heterocycles. The Labute approximate surface area is 93.2 Å². The minimum absolute atomic E-state index is 0.327. The maximum atomic E-state index is 11.0. The third kappa shape index (κ3) is 1.74. The van der Waals surface area contributed by atoms with Gasteiger partial charge in [0.1, 0.15) is 5.75 Å². The van der Waals surface area contributed by atoms with Crippen LogP contribution >= 0.6 is 0 Å². The molecule has 16 heavy (non-hydrogen) atoms. The van der Waals surface area contributed by atoms with Crippen LogP contribution in [0.25, 0.3) is 10.9 Å². The van der Waals surface area contributed by atoms with Crippen molar-refractivity contribution in [3.05, 3.63) is 23.9 Å². The molecule has 0 aliphatic carbocycles. The zero-order valence-electron chi connectivity index (χ0n) is 9.46. The predicted molar refractivity (Wildman–Crippen MR) is 60.9 cm³/mol. The number of H-pyrrole nitrogens is 1. The molecule has 0 aliphatic rings. The number of hydrogen-bond donors (Lipinski definition) is 1. The summed E-state index contributed by atoms with van der Waals surface area (Å²) < 4.78 is 10.3. The van der Waals surface area contributed by atoms with Crippen LogP contribution in [0.3, 0.4) is 0 Å². The summed E-state index contributed by atoms with van der Waals surface area (Å²) in [5, 5.41) is 0.854. The number of methoxy groups -OCH3 is 1. The fourth-order valence-electron chi connectivity index (χ4n) is 1.68. The molecule has 0 atom stereocenters. The van der Waals surface area contributed by atoms with Crippen molar-refractivity contribution in [2.75, 3.05) is 7.11 Å². The molecule has 0 bridgehead atoms. The highest BCUT2D eigenvalue weighted by Crippen LogP contribution is 2.32. The van der Waals surface area contributed by atoms with Crippen LogP contribution < -0.4 is 9.47 Å². The number of carbonyl (C=O) groups excluding carboxylic acids is 1. The highest BCUT2D eigenvalue weighted by Gasteiger charge is 2.12. The summed E-state index contributed by atoms with van der Waals surface area (Å²) >= 11 is 0.